The van der Waals surface area contributed by atoms with E-state index in [4.69, 9.17) is 0 Å². The first-order valence-corrected chi connectivity index (χ1v) is 6.45. The molecule has 15 heavy (non-hydrogen) atoms. The van der Waals surface area contributed by atoms with Crippen molar-refractivity contribution in [2.45, 2.75) is 26.5 Å². The van der Waals surface area contributed by atoms with E-state index in [-0.39, 0.29) is 5.75 Å². The number of carbonyl (C=O) groups is 1. The summed E-state index contributed by atoms with van der Waals surface area (Å²) in [6.07, 6.45) is 0. The second-order valence-electron chi connectivity index (χ2n) is 2.74. The van der Waals surface area contributed by atoms with Crippen molar-refractivity contribution in [2.24, 2.45) is 0 Å². The van der Waals surface area contributed by atoms with Crippen LogP contribution in [0.5, 0.6) is 0 Å². The Morgan fingerprint density at radius 2 is 1.60 bits per heavy atom. The van der Waals surface area contributed by atoms with E-state index in [1.807, 2.05) is 13.8 Å². The lowest BCUT2D eigenvalue weighted by atomic mass is 10.2. The topological polar surface area (TPSA) is 51.2 Å². The third-order valence-corrected chi connectivity index (χ3v) is 3.23. The maximum atomic E-state index is 11.2. The van der Waals surface area contributed by atoms with Gasteiger partial charge in [0, 0.05) is 6.92 Å². The van der Waals surface area contributed by atoms with Gasteiger partial charge >= 0.3 is 0 Å². The van der Waals surface area contributed by atoms with Gasteiger partial charge in [0.15, 0.2) is 0 Å². The normalized spacial score (nSPS) is 10.1. The summed E-state index contributed by atoms with van der Waals surface area (Å²) < 4.78 is 22.3. The van der Waals surface area contributed by atoms with E-state index < -0.39 is 15.0 Å². The Kier molecular flexibility index (Phi) is 5.86. The molecule has 0 aliphatic heterocycles. The van der Waals surface area contributed by atoms with Crippen molar-refractivity contribution in [3.8, 4) is 0 Å². The van der Waals surface area contributed by atoms with Crippen LogP contribution < -0.4 is 0 Å². The van der Waals surface area contributed by atoms with Crippen LogP contribution >= 0.6 is 0 Å². The Morgan fingerprint density at radius 1 is 1.13 bits per heavy atom. The lowest BCUT2D eigenvalue weighted by Crippen LogP contribution is -2.12. The van der Waals surface area contributed by atoms with Crippen LogP contribution in [-0.2, 0) is 20.4 Å². The van der Waals surface area contributed by atoms with E-state index in [9.17, 15) is 13.2 Å². The van der Waals surface area contributed by atoms with E-state index in [0.717, 1.165) is 6.92 Å². The summed E-state index contributed by atoms with van der Waals surface area (Å²) in [5.41, 5.74) is 0.637. The zero-order chi connectivity index (χ0) is 11.9. The number of hydrogen-bond acceptors (Lipinski definition) is 3. The summed E-state index contributed by atoms with van der Waals surface area (Å²) in [5.74, 6) is -0.205. The highest BCUT2D eigenvalue weighted by molar-refractivity contribution is 8.05. The van der Waals surface area contributed by atoms with Crippen LogP contribution in [0.3, 0.4) is 0 Å². The van der Waals surface area contributed by atoms with E-state index in [0.29, 0.717) is 5.56 Å². The molecule has 0 amide bonds. The zero-order valence-corrected chi connectivity index (χ0v) is 10.0. The van der Waals surface area contributed by atoms with E-state index in [2.05, 4.69) is 0 Å². The molecule has 0 unspecified atom stereocenters. The number of sulfone groups is 1. The molecule has 0 saturated heterocycles. The summed E-state index contributed by atoms with van der Waals surface area (Å²) in [6.45, 7) is 5.07. The van der Waals surface area contributed by atoms with Gasteiger partial charge in [-0.25, -0.2) is 8.42 Å². The molecule has 0 aliphatic rings. The second-order valence-corrected chi connectivity index (χ2v) is 4.83. The molecule has 3 nitrogen and oxygen atoms in total. The first-order chi connectivity index (χ1) is 7.02. The number of hydrogen-bond donors (Lipinski definition) is 0. The number of carbonyl (C=O) groups excluding carboxylic acids is 1. The van der Waals surface area contributed by atoms with Gasteiger partial charge in [0.25, 0.3) is 0 Å². The smallest absolute Gasteiger partial charge is 0.243 e. The minimum absolute atomic E-state index is 0.205. The lowest BCUT2D eigenvalue weighted by molar-refractivity contribution is -0.109. The van der Waals surface area contributed by atoms with Crippen molar-refractivity contribution in [3.05, 3.63) is 35.9 Å². The van der Waals surface area contributed by atoms with Gasteiger partial charge in [-0.3, -0.25) is 4.79 Å². The summed E-state index contributed by atoms with van der Waals surface area (Å²) in [7, 11) is -3.59. The first-order valence-electron chi connectivity index (χ1n) is 4.79. The van der Waals surface area contributed by atoms with Gasteiger partial charge in [-0.1, -0.05) is 44.2 Å². The van der Waals surface area contributed by atoms with Crippen LogP contribution in [0.25, 0.3) is 0 Å². The Bertz CT molecular complexity index is 393. The predicted molar refractivity (Wildman–Crippen MR) is 61.1 cm³/mol. The van der Waals surface area contributed by atoms with Crippen LogP contribution in [0.4, 0.5) is 0 Å². The summed E-state index contributed by atoms with van der Waals surface area (Å²) in [5, 5.41) is -0.781. The molecule has 0 aromatic heterocycles. The van der Waals surface area contributed by atoms with Gasteiger partial charge in [-0.2, -0.15) is 0 Å². The van der Waals surface area contributed by atoms with Crippen LogP contribution in [0, 0.1) is 0 Å². The first kappa shape index (κ1) is 13.8. The maximum Gasteiger partial charge on any atom is 0.243 e. The molecule has 0 radical (unpaired) electrons. The van der Waals surface area contributed by atoms with Crippen molar-refractivity contribution < 1.29 is 13.2 Å². The van der Waals surface area contributed by atoms with Crippen LogP contribution in [-0.4, -0.2) is 13.5 Å². The van der Waals surface area contributed by atoms with Crippen LogP contribution in [0.2, 0.25) is 0 Å². The van der Waals surface area contributed by atoms with E-state index >= 15 is 0 Å². The average Bonchev–Trinajstić information content (AvgIpc) is 2.21. The minimum Gasteiger partial charge on any atom is -0.282 e. The SMILES string of the molecule is CC.CC(=O)S(=O)(=O)Cc1ccccc1. The van der Waals surface area contributed by atoms with Crippen molar-refractivity contribution >= 4 is 15.0 Å². The molecule has 0 saturated carbocycles. The second kappa shape index (κ2) is 6.35. The van der Waals surface area contributed by atoms with Crippen LogP contribution in [0.15, 0.2) is 30.3 Å². The quantitative estimate of drug-likeness (QED) is 0.779. The fraction of sp³-hybridized carbons (Fsp3) is 0.364. The molecular formula is C11H16O3S. The summed E-state index contributed by atoms with van der Waals surface area (Å²) in [4.78, 5) is 10.7. The van der Waals surface area contributed by atoms with Crippen molar-refractivity contribution in [3.63, 3.8) is 0 Å². The fourth-order valence-corrected chi connectivity index (χ4v) is 1.73. The predicted octanol–water partition coefficient (Wildman–Crippen LogP) is 2.17. The van der Waals surface area contributed by atoms with Gasteiger partial charge in [0.05, 0.1) is 5.75 Å². The Balaban J connectivity index is 0.000000921. The third-order valence-electron chi connectivity index (χ3n) is 1.64. The molecule has 0 heterocycles. The average molecular weight is 228 g/mol. The Labute approximate surface area is 91.0 Å². The Hall–Kier alpha value is -1.16. The molecular weight excluding hydrogens is 212 g/mol. The van der Waals surface area contributed by atoms with Gasteiger partial charge in [0.1, 0.15) is 0 Å². The van der Waals surface area contributed by atoms with Crippen molar-refractivity contribution in [1.29, 1.82) is 0 Å². The molecule has 0 aliphatic carbocycles. The lowest BCUT2D eigenvalue weighted by Gasteiger charge is -1.99. The molecule has 1 aromatic carbocycles. The molecule has 1 aromatic rings. The standard InChI is InChI=1S/C9H10O3S.C2H6/c1-8(10)13(11,12)7-9-5-3-2-4-6-9;1-2/h2-6H,7H2,1H3;1-2H3. The highest BCUT2D eigenvalue weighted by atomic mass is 32.2. The molecule has 0 atom stereocenters. The van der Waals surface area contributed by atoms with Gasteiger partial charge in [-0.05, 0) is 5.56 Å². The molecule has 84 valence electrons. The molecule has 0 N–H and O–H groups in total. The molecule has 4 heteroatoms. The Morgan fingerprint density at radius 3 is 2.00 bits per heavy atom. The van der Waals surface area contributed by atoms with Gasteiger partial charge < -0.3 is 0 Å². The zero-order valence-electron chi connectivity index (χ0n) is 9.23. The molecule has 1 rings (SSSR count). The summed E-state index contributed by atoms with van der Waals surface area (Å²) >= 11 is 0. The van der Waals surface area contributed by atoms with Crippen LogP contribution in [0.1, 0.15) is 26.3 Å². The monoisotopic (exact) mass is 228 g/mol. The van der Waals surface area contributed by atoms with Gasteiger partial charge in [-0.15, -0.1) is 0 Å². The molecule has 0 bridgehead atoms. The van der Waals surface area contributed by atoms with Crippen molar-refractivity contribution in [1.82, 2.24) is 0 Å². The van der Waals surface area contributed by atoms with E-state index in [1.54, 1.807) is 30.3 Å². The fourth-order valence-electron chi connectivity index (χ4n) is 0.895. The molecule has 0 spiro atoms. The van der Waals surface area contributed by atoms with Gasteiger partial charge in [0.2, 0.25) is 15.0 Å². The van der Waals surface area contributed by atoms with E-state index in [1.165, 1.54) is 0 Å². The number of benzene rings is 1. The maximum absolute atomic E-state index is 11.2. The number of rotatable bonds is 2. The molecule has 0 fully saturated rings. The minimum atomic E-state index is -3.59. The highest BCUT2D eigenvalue weighted by Gasteiger charge is 2.16. The third kappa shape index (κ3) is 4.74. The summed E-state index contributed by atoms with van der Waals surface area (Å²) in [6, 6.07) is 8.64. The largest absolute Gasteiger partial charge is 0.282 e. The highest BCUT2D eigenvalue weighted by Crippen LogP contribution is 2.06. The van der Waals surface area contributed by atoms with Crippen molar-refractivity contribution in [2.75, 3.05) is 0 Å².